The van der Waals surface area contributed by atoms with Gasteiger partial charge in [-0.25, -0.2) is 0 Å². The highest BCUT2D eigenvalue weighted by molar-refractivity contribution is 7.20. The molecule has 0 bridgehead atoms. The molecule has 0 aliphatic heterocycles. The summed E-state index contributed by atoms with van der Waals surface area (Å²) in [6.45, 7) is 3.68. The van der Waals surface area contributed by atoms with Crippen LogP contribution in [0.4, 0.5) is 5.13 Å². The van der Waals surface area contributed by atoms with E-state index < -0.39 is 0 Å². The lowest BCUT2D eigenvalue weighted by Crippen LogP contribution is -1.94. The van der Waals surface area contributed by atoms with Crippen LogP contribution >= 0.6 is 11.3 Å². The Labute approximate surface area is 93.9 Å². The molecule has 0 fully saturated rings. The van der Waals surface area contributed by atoms with Gasteiger partial charge >= 0.3 is 0 Å². The van der Waals surface area contributed by atoms with Crippen molar-refractivity contribution in [3.8, 4) is 11.4 Å². The minimum absolute atomic E-state index is 0.456. The van der Waals surface area contributed by atoms with Crippen molar-refractivity contribution in [2.24, 2.45) is 0 Å². The van der Waals surface area contributed by atoms with Gasteiger partial charge in [0.1, 0.15) is 5.76 Å². The van der Waals surface area contributed by atoms with Crippen LogP contribution in [0.2, 0.25) is 0 Å². The number of aryl methyl sites for hydroxylation is 2. The zero-order chi connectivity index (χ0) is 11.3. The number of nitrogen functional groups attached to an aromatic ring is 1. The third kappa shape index (κ3) is 1.13. The topological polar surface area (TPSA) is 95.1 Å². The molecule has 2 N–H and O–H groups in total. The third-order valence-electron chi connectivity index (χ3n) is 2.26. The molecule has 7 nitrogen and oxygen atoms in total. The quantitative estimate of drug-likeness (QED) is 0.678. The van der Waals surface area contributed by atoms with Crippen molar-refractivity contribution >= 4 is 21.4 Å². The van der Waals surface area contributed by atoms with Crippen molar-refractivity contribution in [2.75, 3.05) is 5.73 Å². The van der Waals surface area contributed by atoms with Crippen LogP contribution in [0.5, 0.6) is 0 Å². The average molecular weight is 236 g/mol. The monoisotopic (exact) mass is 236 g/mol. The second-order valence-electron chi connectivity index (χ2n) is 3.36. The van der Waals surface area contributed by atoms with Gasteiger partial charge in [0.15, 0.2) is 5.82 Å². The lowest BCUT2D eigenvalue weighted by Gasteiger charge is -1.93. The maximum absolute atomic E-state index is 5.61. The van der Waals surface area contributed by atoms with E-state index >= 15 is 0 Å². The van der Waals surface area contributed by atoms with E-state index in [1.54, 1.807) is 4.52 Å². The van der Waals surface area contributed by atoms with Gasteiger partial charge in [0.2, 0.25) is 10.1 Å². The molecule has 8 heteroatoms. The van der Waals surface area contributed by atoms with Gasteiger partial charge in [-0.15, -0.1) is 15.3 Å². The summed E-state index contributed by atoms with van der Waals surface area (Å²) in [5.41, 5.74) is 7.19. The Morgan fingerprint density at radius 2 is 2.12 bits per heavy atom. The van der Waals surface area contributed by atoms with Crippen LogP contribution in [0.3, 0.4) is 0 Å². The molecule has 16 heavy (non-hydrogen) atoms. The molecule has 0 unspecified atom stereocenters. The summed E-state index contributed by atoms with van der Waals surface area (Å²) in [5, 5.41) is 16.5. The maximum Gasteiger partial charge on any atom is 0.236 e. The van der Waals surface area contributed by atoms with Crippen molar-refractivity contribution in [1.29, 1.82) is 0 Å². The molecular formula is C8H8N6OS. The Kier molecular flexibility index (Phi) is 1.75. The summed E-state index contributed by atoms with van der Waals surface area (Å²) in [5.74, 6) is 1.30. The fourth-order valence-electron chi connectivity index (χ4n) is 1.59. The maximum atomic E-state index is 5.61. The normalized spacial score (nSPS) is 11.4. The number of hydrogen-bond donors (Lipinski definition) is 1. The van der Waals surface area contributed by atoms with Crippen LogP contribution in [0.1, 0.15) is 11.5 Å². The molecule has 0 aromatic carbocycles. The predicted octanol–water partition coefficient (Wildman–Crippen LogP) is 1.04. The minimum Gasteiger partial charge on any atom is -0.374 e. The van der Waals surface area contributed by atoms with E-state index in [0.717, 1.165) is 11.3 Å². The number of aromatic nitrogens is 5. The highest BCUT2D eigenvalue weighted by atomic mass is 32.1. The molecule has 0 spiro atoms. The van der Waals surface area contributed by atoms with Crippen molar-refractivity contribution in [3.63, 3.8) is 0 Å². The molecule has 0 amide bonds. The SMILES string of the molecule is Cc1noc(C)c1-c1nnc2sc(N)nn12. The zero-order valence-electron chi connectivity index (χ0n) is 8.63. The number of nitrogens with zero attached hydrogens (tertiary/aromatic N) is 5. The van der Waals surface area contributed by atoms with Gasteiger partial charge < -0.3 is 10.3 Å². The fourth-order valence-corrected chi connectivity index (χ4v) is 2.19. The molecule has 0 saturated carbocycles. The highest BCUT2D eigenvalue weighted by Crippen LogP contribution is 2.27. The van der Waals surface area contributed by atoms with E-state index in [2.05, 4.69) is 20.5 Å². The van der Waals surface area contributed by atoms with Crippen LogP contribution in [0.25, 0.3) is 16.3 Å². The first kappa shape index (κ1) is 9.28. The molecule has 0 atom stereocenters. The van der Waals surface area contributed by atoms with E-state index in [9.17, 15) is 0 Å². The Morgan fingerprint density at radius 1 is 1.31 bits per heavy atom. The molecule has 0 saturated heterocycles. The molecule has 0 radical (unpaired) electrons. The van der Waals surface area contributed by atoms with Gasteiger partial charge in [-0.05, 0) is 13.8 Å². The minimum atomic E-state index is 0.456. The molecular weight excluding hydrogens is 228 g/mol. The number of fused-ring (bicyclic) bond motifs is 1. The first-order valence-corrected chi connectivity index (χ1v) is 5.39. The largest absolute Gasteiger partial charge is 0.374 e. The summed E-state index contributed by atoms with van der Waals surface area (Å²) in [4.78, 5) is 0.660. The van der Waals surface area contributed by atoms with Gasteiger partial charge in [-0.2, -0.15) is 4.52 Å². The van der Waals surface area contributed by atoms with E-state index in [1.807, 2.05) is 13.8 Å². The Bertz CT molecular complexity index is 646. The Balaban J connectivity index is 2.33. The smallest absolute Gasteiger partial charge is 0.236 e. The van der Waals surface area contributed by atoms with Crippen molar-refractivity contribution < 1.29 is 4.52 Å². The molecule has 3 aromatic heterocycles. The first-order chi connectivity index (χ1) is 7.66. The zero-order valence-corrected chi connectivity index (χ0v) is 9.45. The average Bonchev–Trinajstić information content (AvgIpc) is 2.83. The highest BCUT2D eigenvalue weighted by Gasteiger charge is 2.19. The van der Waals surface area contributed by atoms with Crippen LogP contribution in [0, 0.1) is 13.8 Å². The molecule has 0 aliphatic rings. The van der Waals surface area contributed by atoms with Crippen molar-refractivity contribution in [2.45, 2.75) is 13.8 Å². The predicted molar refractivity (Wildman–Crippen MR) is 58.0 cm³/mol. The second kappa shape index (κ2) is 3.01. The van der Waals surface area contributed by atoms with Gasteiger partial charge in [0.05, 0.1) is 11.3 Å². The summed E-state index contributed by atoms with van der Waals surface area (Å²) in [6, 6.07) is 0. The van der Waals surface area contributed by atoms with E-state index in [0.29, 0.717) is 21.7 Å². The van der Waals surface area contributed by atoms with Crippen molar-refractivity contribution in [3.05, 3.63) is 11.5 Å². The van der Waals surface area contributed by atoms with E-state index in [-0.39, 0.29) is 0 Å². The second-order valence-corrected chi connectivity index (χ2v) is 4.35. The summed E-state index contributed by atoms with van der Waals surface area (Å²) < 4.78 is 6.69. The molecule has 3 rings (SSSR count). The standard InChI is InChI=1S/C8H8N6OS/c1-3-5(4(2)15-13-3)6-10-11-8-14(6)12-7(9)16-8/h1-2H3,(H2,9,12). The van der Waals surface area contributed by atoms with Crippen molar-refractivity contribution in [1.82, 2.24) is 25.0 Å². The summed E-state index contributed by atoms with van der Waals surface area (Å²) >= 11 is 1.29. The number of anilines is 1. The molecule has 3 aromatic rings. The van der Waals surface area contributed by atoms with Crippen LogP contribution in [-0.4, -0.2) is 25.0 Å². The van der Waals surface area contributed by atoms with Gasteiger partial charge in [0.25, 0.3) is 0 Å². The fraction of sp³-hybridized carbons (Fsp3) is 0.250. The lowest BCUT2D eigenvalue weighted by molar-refractivity contribution is 0.393. The van der Waals surface area contributed by atoms with E-state index in [1.165, 1.54) is 11.3 Å². The number of hydrogen-bond acceptors (Lipinski definition) is 7. The number of rotatable bonds is 1. The van der Waals surface area contributed by atoms with Gasteiger partial charge in [-0.3, -0.25) is 0 Å². The summed E-state index contributed by atoms with van der Waals surface area (Å²) in [6.07, 6.45) is 0. The molecule has 3 heterocycles. The third-order valence-corrected chi connectivity index (χ3v) is 2.99. The van der Waals surface area contributed by atoms with Crippen LogP contribution in [0.15, 0.2) is 4.52 Å². The van der Waals surface area contributed by atoms with E-state index in [4.69, 9.17) is 10.3 Å². The number of nitrogens with two attached hydrogens (primary N) is 1. The molecule has 0 aliphatic carbocycles. The Morgan fingerprint density at radius 3 is 2.81 bits per heavy atom. The lowest BCUT2D eigenvalue weighted by atomic mass is 10.2. The van der Waals surface area contributed by atoms with Gasteiger partial charge in [-0.1, -0.05) is 16.5 Å². The van der Waals surface area contributed by atoms with Crippen LogP contribution < -0.4 is 5.73 Å². The van der Waals surface area contributed by atoms with Crippen LogP contribution in [-0.2, 0) is 0 Å². The Hall–Kier alpha value is -1.96. The van der Waals surface area contributed by atoms with Gasteiger partial charge in [0, 0.05) is 0 Å². The summed E-state index contributed by atoms with van der Waals surface area (Å²) in [7, 11) is 0. The molecule has 82 valence electrons. The first-order valence-electron chi connectivity index (χ1n) is 4.58.